The predicted octanol–water partition coefficient (Wildman–Crippen LogP) is 2.59. The Morgan fingerprint density at radius 1 is 1.15 bits per heavy atom. The molecular formula is C16H19NO3. The second kappa shape index (κ2) is 6.91. The van der Waals surface area contributed by atoms with E-state index in [2.05, 4.69) is 5.32 Å². The van der Waals surface area contributed by atoms with Gasteiger partial charge in [0.1, 0.15) is 11.5 Å². The normalized spacial score (nSPS) is 10.5. The third kappa shape index (κ3) is 3.96. The van der Waals surface area contributed by atoms with Crippen molar-refractivity contribution >= 4 is 5.97 Å². The molecule has 0 aliphatic rings. The number of carbonyl (C=O) groups excluding carboxylic acids is 1. The lowest BCUT2D eigenvalue weighted by atomic mass is 10.0. The maximum Gasteiger partial charge on any atom is 0.309 e. The van der Waals surface area contributed by atoms with Crippen molar-refractivity contribution in [3.8, 4) is 0 Å². The van der Waals surface area contributed by atoms with Crippen LogP contribution in [-0.4, -0.2) is 13.1 Å². The molecule has 2 rings (SSSR count). The number of furan rings is 1. The number of rotatable bonds is 6. The summed E-state index contributed by atoms with van der Waals surface area (Å²) in [5.74, 6) is 1.60. The van der Waals surface area contributed by atoms with E-state index >= 15 is 0 Å². The number of ether oxygens (including phenoxy) is 1. The molecule has 1 heterocycles. The molecule has 2 aromatic rings. The van der Waals surface area contributed by atoms with Crippen molar-refractivity contribution in [3.05, 3.63) is 59.0 Å². The molecule has 0 unspecified atom stereocenters. The highest BCUT2D eigenvalue weighted by Crippen LogP contribution is 2.11. The van der Waals surface area contributed by atoms with Gasteiger partial charge in [-0.25, -0.2) is 0 Å². The Morgan fingerprint density at radius 2 is 1.90 bits per heavy atom. The zero-order chi connectivity index (χ0) is 14.4. The number of benzene rings is 1. The van der Waals surface area contributed by atoms with Gasteiger partial charge >= 0.3 is 5.97 Å². The van der Waals surface area contributed by atoms with Gasteiger partial charge in [0.2, 0.25) is 0 Å². The molecule has 0 amide bonds. The third-order valence-electron chi connectivity index (χ3n) is 3.09. The van der Waals surface area contributed by atoms with E-state index in [0.717, 1.165) is 22.6 Å². The summed E-state index contributed by atoms with van der Waals surface area (Å²) in [4.78, 5) is 11.4. The topological polar surface area (TPSA) is 51.5 Å². The predicted molar refractivity (Wildman–Crippen MR) is 76.2 cm³/mol. The van der Waals surface area contributed by atoms with E-state index in [0.29, 0.717) is 19.5 Å². The summed E-state index contributed by atoms with van der Waals surface area (Å²) in [5.41, 5.74) is 2.09. The van der Waals surface area contributed by atoms with Crippen molar-refractivity contribution in [1.82, 2.24) is 5.32 Å². The van der Waals surface area contributed by atoms with Crippen LogP contribution >= 0.6 is 0 Å². The number of aryl methyl sites for hydroxylation is 1. The van der Waals surface area contributed by atoms with E-state index in [9.17, 15) is 4.79 Å². The van der Waals surface area contributed by atoms with Gasteiger partial charge in [0, 0.05) is 6.54 Å². The summed E-state index contributed by atoms with van der Waals surface area (Å²) >= 11 is 0. The first-order valence-electron chi connectivity index (χ1n) is 6.58. The van der Waals surface area contributed by atoms with Crippen LogP contribution < -0.4 is 5.32 Å². The van der Waals surface area contributed by atoms with E-state index in [1.165, 1.54) is 7.11 Å². The molecule has 4 heteroatoms. The van der Waals surface area contributed by atoms with Gasteiger partial charge < -0.3 is 14.5 Å². The Bertz CT molecular complexity index is 575. The molecule has 0 spiro atoms. The van der Waals surface area contributed by atoms with Crippen molar-refractivity contribution in [2.75, 3.05) is 7.11 Å². The Hall–Kier alpha value is -2.07. The Labute approximate surface area is 118 Å². The lowest BCUT2D eigenvalue weighted by molar-refractivity contribution is -0.139. The number of nitrogens with one attached hydrogen (secondary N) is 1. The molecule has 0 atom stereocenters. The Kier molecular flexibility index (Phi) is 4.96. The number of methoxy groups -OCH3 is 1. The van der Waals surface area contributed by atoms with Crippen molar-refractivity contribution in [2.45, 2.75) is 26.4 Å². The minimum atomic E-state index is -0.223. The first-order chi connectivity index (χ1) is 9.69. The van der Waals surface area contributed by atoms with Gasteiger partial charge in [0.15, 0.2) is 0 Å². The summed E-state index contributed by atoms with van der Waals surface area (Å²) in [6, 6.07) is 11.8. The highest BCUT2D eigenvalue weighted by Gasteiger charge is 2.07. The van der Waals surface area contributed by atoms with Crippen LogP contribution in [0.4, 0.5) is 0 Å². The molecular weight excluding hydrogens is 254 g/mol. The van der Waals surface area contributed by atoms with Gasteiger partial charge in [-0.05, 0) is 30.2 Å². The standard InChI is InChI=1S/C16H19NO3/c1-12-7-8-15(20-12)11-17-10-14-6-4-3-5-13(14)9-16(18)19-2/h3-8,17H,9-11H2,1-2H3. The maximum atomic E-state index is 11.4. The van der Waals surface area contributed by atoms with Gasteiger partial charge in [0.25, 0.3) is 0 Å². The van der Waals surface area contributed by atoms with E-state index in [1.54, 1.807) is 0 Å². The zero-order valence-corrected chi connectivity index (χ0v) is 11.8. The quantitative estimate of drug-likeness (QED) is 0.822. The summed E-state index contributed by atoms with van der Waals surface area (Å²) in [5, 5.41) is 3.32. The van der Waals surface area contributed by atoms with Crippen molar-refractivity contribution in [2.24, 2.45) is 0 Å². The lowest BCUT2D eigenvalue weighted by Gasteiger charge is -2.09. The monoisotopic (exact) mass is 273 g/mol. The van der Waals surface area contributed by atoms with Crippen LogP contribution in [0.2, 0.25) is 0 Å². The molecule has 1 aromatic carbocycles. The van der Waals surface area contributed by atoms with Gasteiger partial charge in [-0.1, -0.05) is 24.3 Å². The molecule has 0 saturated carbocycles. The third-order valence-corrected chi connectivity index (χ3v) is 3.09. The first kappa shape index (κ1) is 14.3. The fourth-order valence-electron chi connectivity index (χ4n) is 2.03. The molecule has 1 aromatic heterocycles. The summed E-state index contributed by atoms with van der Waals surface area (Å²) in [7, 11) is 1.41. The molecule has 0 saturated heterocycles. The molecule has 0 radical (unpaired) electrons. The lowest BCUT2D eigenvalue weighted by Crippen LogP contribution is -2.15. The number of hydrogen-bond acceptors (Lipinski definition) is 4. The molecule has 106 valence electrons. The molecule has 0 bridgehead atoms. The van der Waals surface area contributed by atoms with Crippen molar-refractivity contribution in [1.29, 1.82) is 0 Å². The molecule has 0 aliphatic carbocycles. The highest BCUT2D eigenvalue weighted by molar-refractivity contribution is 5.72. The highest BCUT2D eigenvalue weighted by atomic mass is 16.5. The van der Waals surface area contributed by atoms with Gasteiger partial charge in [-0.3, -0.25) is 4.79 Å². The molecule has 0 aliphatic heterocycles. The van der Waals surface area contributed by atoms with Crippen LogP contribution in [0.15, 0.2) is 40.8 Å². The van der Waals surface area contributed by atoms with Gasteiger partial charge in [-0.15, -0.1) is 0 Å². The average molecular weight is 273 g/mol. The van der Waals surface area contributed by atoms with Gasteiger partial charge in [0.05, 0.1) is 20.1 Å². The average Bonchev–Trinajstić information content (AvgIpc) is 2.86. The van der Waals surface area contributed by atoms with Gasteiger partial charge in [-0.2, -0.15) is 0 Å². The van der Waals surface area contributed by atoms with Crippen LogP contribution in [0.3, 0.4) is 0 Å². The first-order valence-corrected chi connectivity index (χ1v) is 6.58. The fourth-order valence-corrected chi connectivity index (χ4v) is 2.03. The summed E-state index contributed by atoms with van der Waals surface area (Å²) in [6.07, 6.45) is 0.300. The van der Waals surface area contributed by atoms with E-state index in [4.69, 9.17) is 9.15 Å². The number of carbonyl (C=O) groups is 1. The van der Waals surface area contributed by atoms with Crippen LogP contribution in [0.1, 0.15) is 22.6 Å². The second-order valence-corrected chi connectivity index (χ2v) is 4.64. The number of esters is 1. The molecule has 4 nitrogen and oxygen atoms in total. The van der Waals surface area contributed by atoms with Crippen LogP contribution in [0.5, 0.6) is 0 Å². The van der Waals surface area contributed by atoms with Crippen LogP contribution in [0, 0.1) is 6.92 Å². The van der Waals surface area contributed by atoms with E-state index < -0.39 is 0 Å². The minimum absolute atomic E-state index is 0.223. The van der Waals surface area contributed by atoms with E-state index in [-0.39, 0.29) is 5.97 Å². The van der Waals surface area contributed by atoms with Crippen molar-refractivity contribution in [3.63, 3.8) is 0 Å². The summed E-state index contributed by atoms with van der Waals surface area (Å²) < 4.78 is 10.2. The fraction of sp³-hybridized carbons (Fsp3) is 0.312. The maximum absolute atomic E-state index is 11.4. The smallest absolute Gasteiger partial charge is 0.309 e. The molecule has 1 N–H and O–H groups in total. The van der Waals surface area contributed by atoms with Crippen LogP contribution in [-0.2, 0) is 29.0 Å². The zero-order valence-electron chi connectivity index (χ0n) is 11.8. The van der Waals surface area contributed by atoms with Crippen molar-refractivity contribution < 1.29 is 13.9 Å². The van der Waals surface area contributed by atoms with Crippen LogP contribution in [0.25, 0.3) is 0 Å². The largest absolute Gasteiger partial charge is 0.469 e. The molecule has 20 heavy (non-hydrogen) atoms. The molecule has 0 fully saturated rings. The SMILES string of the molecule is COC(=O)Cc1ccccc1CNCc1ccc(C)o1. The second-order valence-electron chi connectivity index (χ2n) is 4.64. The summed E-state index contributed by atoms with van der Waals surface area (Å²) in [6.45, 7) is 3.28. The van der Waals surface area contributed by atoms with E-state index in [1.807, 2.05) is 43.3 Å². The minimum Gasteiger partial charge on any atom is -0.469 e. The number of hydrogen-bond donors (Lipinski definition) is 1. The Morgan fingerprint density at radius 3 is 2.55 bits per heavy atom. The Balaban J connectivity index is 1.93.